The van der Waals surface area contributed by atoms with Gasteiger partial charge in [0.15, 0.2) is 0 Å². The van der Waals surface area contributed by atoms with Crippen LogP contribution in [0.4, 0.5) is 0 Å². The number of hydrogen-bond donors (Lipinski definition) is 1. The highest BCUT2D eigenvalue weighted by Gasteiger charge is 2.26. The summed E-state index contributed by atoms with van der Waals surface area (Å²) in [6, 6.07) is 0.426. The van der Waals surface area contributed by atoms with Crippen molar-refractivity contribution in [3.8, 4) is 0 Å². The van der Waals surface area contributed by atoms with E-state index < -0.39 is 0 Å². The maximum atomic E-state index is 11.3. The molecule has 3 heteroatoms. The molecule has 16 heavy (non-hydrogen) atoms. The van der Waals surface area contributed by atoms with Crippen LogP contribution in [0, 0.1) is 5.41 Å². The standard InChI is InChI=1S/C13H24N2O/c1-5-7-13(3,4)10-15-8-6-12(16)14-9-11(15)2/h5,11H,1,6-10H2,2-4H3,(H,14,16). The van der Waals surface area contributed by atoms with E-state index in [0.29, 0.717) is 12.5 Å². The molecule has 1 aliphatic rings. The van der Waals surface area contributed by atoms with Crippen molar-refractivity contribution in [3.63, 3.8) is 0 Å². The maximum Gasteiger partial charge on any atom is 0.221 e. The van der Waals surface area contributed by atoms with E-state index in [1.54, 1.807) is 0 Å². The predicted molar refractivity (Wildman–Crippen MR) is 67.3 cm³/mol. The third kappa shape index (κ3) is 3.97. The van der Waals surface area contributed by atoms with Gasteiger partial charge in [-0.05, 0) is 18.8 Å². The molecule has 0 spiro atoms. The van der Waals surface area contributed by atoms with Crippen molar-refractivity contribution in [3.05, 3.63) is 12.7 Å². The van der Waals surface area contributed by atoms with Crippen LogP contribution in [0.25, 0.3) is 0 Å². The molecule has 3 nitrogen and oxygen atoms in total. The monoisotopic (exact) mass is 224 g/mol. The van der Waals surface area contributed by atoms with E-state index >= 15 is 0 Å². The fraction of sp³-hybridized carbons (Fsp3) is 0.769. The molecular formula is C13H24N2O. The van der Waals surface area contributed by atoms with Gasteiger partial charge in [-0.25, -0.2) is 0 Å². The van der Waals surface area contributed by atoms with Crippen LogP contribution in [0.1, 0.15) is 33.6 Å². The van der Waals surface area contributed by atoms with Crippen LogP contribution in [0.5, 0.6) is 0 Å². The molecule has 1 atom stereocenters. The Morgan fingerprint density at radius 3 is 2.94 bits per heavy atom. The normalized spacial score (nSPS) is 23.7. The zero-order valence-electron chi connectivity index (χ0n) is 10.8. The number of carbonyl (C=O) groups excluding carboxylic acids is 1. The molecule has 0 aromatic rings. The minimum atomic E-state index is 0.177. The van der Waals surface area contributed by atoms with Gasteiger partial charge < -0.3 is 5.32 Å². The summed E-state index contributed by atoms with van der Waals surface area (Å²) in [5.41, 5.74) is 0.239. The Balaban J connectivity index is 2.57. The molecule has 0 aromatic carbocycles. The first kappa shape index (κ1) is 13.2. The largest absolute Gasteiger partial charge is 0.355 e. The van der Waals surface area contributed by atoms with E-state index in [1.807, 2.05) is 6.08 Å². The van der Waals surface area contributed by atoms with Gasteiger partial charge in [0.2, 0.25) is 5.91 Å². The Morgan fingerprint density at radius 1 is 1.62 bits per heavy atom. The molecule has 1 unspecified atom stereocenters. The second-order valence-corrected chi connectivity index (χ2v) is 5.53. The van der Waals surface area contributed by atoms with Crippen LogP contribution < -0.4 is 5.32 Å². The van der Waals surface area contributed by atoms with Gasteiger partial charge in [-0.2, -0.15) is 0 Å². The summed E-state index contributed by atoms with van der Waals surface area (Å²) in [5, 5.41) is 2.94. The van der Waals surface area contributed by atoms with Gasteiger partial charge >= 0.3 is 0 Å². The molecule has 0 aliphatic carbocycles. The van der Waals surface area contributed by atoms with E-state index in [9.17, 15) is 4.79 Å². The molecule has 0 radical (unpaired) electrons. The first-order chi connectivity index (χ1) is 7.44. The molecule has 1 N–H and O–H groups in total. The Kier molecular flexibility index (Phi) is 4.54. The highest BCUT2D eigenvalue weighted by molar-refractivity contribution is 5.76. The summed E-state index contributed by atoms with van der Waals surface area (Å²) in [5.74, 6) is 0.177. The first-order valence-corrected chi connectivity index (χ1v) is 6.06. The van der Waals surface area contributed by atoms with Crippen LogP contribution in [0.15, 0.2) is 12.7 Å². The summed E-state index contributed by atoms with van der Waals surface area (Å²) in [7, 11) is 0. The molecule has 0 aromatic heterocycles. The summed E-state index contributed by atoms with van der Waals surface area (Å²) in [6.07, 6.45) is 3.61. The number of carbonyl (C=O) groups is 1. The van der Waals surface area contributed by atoms with Crippen LogP contribution >= 0.6 is 0 Å². The van der Waals surface area contributed by atoms with Crippen LogP contribution in [0.3, 0.4) is 0 Å². The third-order valence-electron chi connectivity index (χ3n) is 3.17. The van der Waals surface area contributed by atoms with E-state index in [1.165, 1.54) is 0 Å². The van der Waals surface area contributed by atoms with Crippen molar-refractivity contribution in [2.24, 2.45) is 5.41 Å². The van der Waals surface area contributed by atoms with Gasteiger partial charge in [0.05, 0.1) is 0 Å². The number of amides is 1. The zero-order valence-corrected chi connectivity index (χ0v) is 10.8. The minimum Gasteiger partial charge on any atom is -0.355 e. The maximum absolute atomic E-state index is 11.3. The van der Waals surface area contributed by atoms with Crippen LogP contribution in [-0.4, -0.2) is 36.5 Å². The molecule has 1 heterocycles. The molecule has 92 valence electrons. The average Bonchev–Trinajstić information content (AvgIpc) is 2.33. The van der Waals surface area contributed by atoms with Gasteiger partial charge in [0.25, 0.3) is 0 Å². The van der Waals surface area contributed by atoms with Gasteiger partial charge in [-0.3, -0.25) is 9.69 Å². The predicted octanol–water partition coefficient (Wildman–Crippen LogP) is 1.80. The second-order valence-electron chi connectivity index (χ2n) is 5.53. The topological polar surface area (TPSA) is 32.3 Å². The second kappa shape index (κ2) is 5.48. The van der Waals surface area contributed by atoms with Crippen LogP contribution in [0.2, 0.25) is 0 Å². The molecule has 1 amide bonds. The lowest BCUT2D eigenvalue weighted by molar-refractivity contribution is -0.120. The summed E-state index contributed by atoms with van der Waals surface area (Å²) >= 11 is 0. The quantitative estimate of drug-likeness (QED) is 0.739. The van der Waals surface area contributed by atoms with Crippen molar-refractivity contribution in [1.29, 1.82) is 0 Å². The molecular weight excluding hydrogens is 200 g/mol. The highest BCUT2D eigenvalue weighted by Crippen LogP contribution is 2.23. The lowest BCUT2D eigenvalue weighted by Crippen LogP contribution is -2.42. The Bertz CT molecular complexity index is 261. The fourth-order valence-electron chi connectivity index (χ4n) is 2.18. The summed E-state index contributed by atoms with van der Waals surface area (Å²) < 4.78 is 0. The molecule has 0 saturated carbocycles. The smallest absolute Gasteiger partial charge is 0.221 e. The molecule has 1 saturated heterocycles. The van der Waals surface area contributed by atoms with E-state index in [-0.39, 0.29) is 11.3 Å². The Morgan fingerprint density at radius 2 is 2.31 bits per heavy atom. The van der Waals surface area contributed by atoms with Crippen molar-refractivity contribution in [2.45, 2.75) is 39.7 Å². The van der Waals surface area contributed by atoms with Crippen molar-refractivity contribution in [2.75, 3.05) is 19.6 Å². The van der Waals surface area contributed by atoms with Gasteiger partial charge in [0.1, 0.15) is 0 Å². The lowest BCUT2D eigenvalue weighted by Gasteiger charge is -2.34. The zero-order chi connectivity index (χ0) is 12.2. The van der Waals surface area contributed by atoms with Gasteiger partial charge in [0, 0.05) is 32.1 Å². The van der Waals surface area contributed by atoms with Gasteiger partial charge in [-0.1, -0.05) is 19.9 Å². The number of nitrogens with zero attached hydrogens (tertiary/aromatic N) is 1. The minimum absolute atomic E-state index is 0.177. The highest BCUT2D eigenvalue weighted by atomic mass is 16.1. The van der Waals surface area contributed by atoms with Crippen LogP contribution in [-0.2, 0) is 4.79 Å². The van der Waals surface area contributed by atoms with E-state index in [2.05, 4.69) is 37.6 Å². The van der Waals surface area contributed by atoms with Crippen molar-refractivity contribution in [1.82, 2.24) is 10.2 Å². The Hall–Kier alpha value is -0.830. The number of allylic oxidation sites excluding steroid dienone is 1. The number of nitrogens with one attached hydrogen (secondary N) is 1. The van der Waals surface area contributed by atoms with Crippen molar-refractivity contribution >= 4 is 5.91 Å². The van der Waals surface area contributed by atoms with Gasteiger partial charge in [-0.15, -0.1) is 6.58 Å². The molecule has 1 aliphatic heterocycles. The van der Waals surface area contributed by atoms with E-state index in [0.717, 1.165) is 26.1 Å². The molecule has 0 bridgehead atoms. The fourth-order valence-corrected chi connectivity index (χ4v) is 2.18. The van der Waals surface area contributed by atoms with E-state index in [4.69, 9.17) is 0 Å². The molecule has 1 fully saturated rings. The number of hydrogen-bond acceptors (Lipinski definition) is 2. The summed E-state index contributed by atoms with van der Waals surface area (Å²) in [4.78, 5) is 13.7. The lowest BCUT2D eigenvalue weighted by atomic mass is 9.88. The number of rotatable bonds is 4. The summed E-state index contributed by atoms with van der Waals surface area (Å²) in [6.45, 7) is 13.1. The third-order valence-corrected chi connectivity index (χ3v) is 3.17. The SMILES string of the molecule is C=CCC(C)(C)CN1CCC(=O)NCC1C. The Labute approximate surface area is 98.9 Å². The molecule has 1 rings (SSSR count). The van der Waals surface area contributed by atoms with Crippen molar-refractivity contribution < 1.29 is 4.79 Å². The average molecular weight is 224 g/mol. The first-order valence-electron chi connectivity index (χ1n) is 6.06.